The lowest BCUT2D eigenvalue weighted by molar-refractivity contribution is 0.0498. The molecule has 7 heteroatoms. The topological polar surface area (TPSA) is 71.3 Å². The summed E-state index contributed by atoms with van der Waals surface area (Å²) in [5, 5.41) is 7.90. The van der Waals surface area contributed by atoms with E-state index in [1.807, 2.05) is 31.2 Å². The van der Waals surface area contributed by atoms with Crippen LogP contribution >= 0.6 is 0 Å². The van der Waals surface area contributed by atoms with Crippen molar-refractivity contribution in [1.82, 2.24) is 24.8 Å². The Kier molecular flexibility index (Phi) is 3.85. The van der Waals surface area contributed by atoms with Crippen LogP contribution in [0.25, 0.3) is 0 Å². The van der Waals surface area contributed by atoms with Crippen molar-refractivity contribution in [3.63, 3.8) is 0 Å². The minimum Gasteiger partial charge on any atom is -0.343 e. The number of amides is 2. The first kappa shape index (κ1) is 15.2. The highest BCUT2D eigenvalue weighted by molar-refractivity contribution is 5.95. The van der Waals surface area contributed by atoms with Crippen LogP contribution < -0.4 is 0 Å². The van der Waals surface area contributed by atoms with Crippen molar-refractivity contribution < 1.29 is 9.59 Å². The minimum absolute atomic E-state index is 0.0228. The maximum absolute atomic E-state index is 12.4. The summed E-state index contributed by atoms with van der Waals surface area (Å²) in [5.74, 6) is -0.155. The summed E-state index contributed by atoms with van der Waals surface area (Å²) in [5.41, 5.74) is 2.08. The Hall–Kier alpha value is -2.70. The van der Waals surface area contributed by atoms with Gasteiger partial charge in [0.05, 0.1) is 12.2 Å². The van der Waals surface area contributed by atoms with E-state index in [9.17, 15) is 9.59 Å². The van der Waals surface area contributed by atoms with Gasteiger partial charge in [-0.2, -0.15) is 0 Å². The Labute approximate surface area is 134 Å². The summed E-state index contributed by atoms with van der Waals surface area (Å²) in [4.78, 5) is 27.4. The van der Waals surface area contributed by atoms with E-state index in [1.165, 1.54) is 4.90 Å². The average Bonchev–Trinajstić information content (AvgIpc) is 2.94. The Bertz CT molecular complexity index is 746. The molecule has 2 aromatic rings. The van der Waals surface area contributed by atoms with Crippen molar-refractivity contribution >= 4 is 11.8 Å². The summed E-state index contributed by atoms with van der Waals surface area (Å²) in [6.45, 7) is 3.12. The largest absolute Gasteiger partial charge is 0.343 e. The summed E-state index contributed by atoms with van der Waals surface area (Å²) < 4.78 is 1.66. The number of hydrogen-bond donors (Lipinski definition) is 0. The van der Waals surface area contributed by atoms with Gasteiger partial charge in [0.15, 0.2) is 5.69 Å². The summed E-state index contributed by atoms with van der Waals surface area (Å²) in [6.07, 6.45) is 1.64. The van der Waals surface area contributed by atoms with Crippen LogP contribution in [0.5, 0.6) is 0 Å². The molecule has 1 aromatic carbocycles. The van der Waals surface area contributed by atoms with Crippen LogP contribution in [0.3, 0.4) is 0 Å². The number of benzene rings is 1. The number of carbonyl (C=O) groups is 2. The molecule has 1 aromatic heterocycles. The number of hydrogen-bond acceptors (Lipinski definition) is 4. The maximum Gasteiger partial charge on any atom is 0.275 e. The van der Waals surface area contributed by atoms with E-state index in [1.54, 1.807) is 29.9 Å². The van der Waals surface area contributed by atoms with E-state index in [0.717, 1.165) is 5.56 Å². The van der Waals surface area contributed by atoms with Gasteiger partial charge in [-0.3, -0.25) is 9.59 Å². The standard InChI is InChI=1S/C16H19N5O2/c1-11-5-4-6-12(7-11)15(22)20-8-13(9-20)21-10-14(17-18-21)16(23)19(2)3/h4-7,10,13H,8-9H2,1-3H3. The van der Waals surface area contributed by atoms with Gasteiger partial charge < -0.3 is 9.80 Å². The quantitative estimate of drug-likeness (QED) is 0.847. The zero-order chi connectivity index (χ0) is 16.6. The van der Waals surface area contributed by atoms with Gasteiger partial charge in [-0.25, -0.2) is 4.68 Å². The number of aromatic nitrogens is 3. The number of aryl methyl sites for hydroxylation is 1. The highest BCUT2D eigenvalue weighted by Gasteiger charge is 2.33. The van der Waals surface area contributed by atoms with Gasteiger partial charge in [0.2, 0.25) is 0 Å². The summed E-state index contributed by atoms with van der Waals surface area (Å²) in [6, 6.07) is 7.63. The van der Waals surface area contributed by atoms with Crippen LogP contribution in [0.15, 0.2) is 30.5 Å². The molecule has 1 aliphatic heterocycles. The minimum atomic E-state index is -0.178. The number of carbonyl (C=O) groups excluding carboxylic acids is 2. The SMILES string of the molecule is Cc1cccc(C(=O)N2CC(n3cc(C(=O)N(C)C)nn3)C2)c1. The second-order valence-corrected chi connectivity index (χ2v) is 6.02. The van der Waals surface area contributed by atoms with Crippen LogP contribution in [0, 0.1) is 6.92 Å². The Morgan fingerprint density at radius 1 is 1.26 bits per heavy atom. The summed E-state index contributed by atoms with van der Waals surface area (Å²) in [7, 11) is 3.35. The molecule has 0 bridgehead atoms. The van der Waals surface area contributed by atoms with Crippen LogP contribution in [0.4, 0.5) is 0 Å². The van der Waals surface area contributed by atoms with E-state index in [-0.39, 0.29) is 17.9 Å². The molecule has 0 spiro atoms. The highest BCUT2D eigenvalue weighted by Crippen LogP contribution is 2.23. The first-order chi connectivity index (χ1) is 11.0. The lowest BCUT2D eigenvalue weighted by Crippen LogP contribution is -2.50. The Balaban J connectivity index is 1.63. The molecule has 23 heavy (non-hydrogen) atoms. The molecule has 1 aliphatic rings. The fraction of sp³-hybridized carbons (Fsp3) is 0.375. The van der Waals surface area contributed by atoms with E-state index in [2.05, 4.69) is 10.3 Å². The monoisotopic (exact) mass is 313 g/mol. The number of nitrogens with zero attached hydrogens (tertiary/aromatic N) is 5. The molecule has 2 heterocycles. The Morgan fingerprint density at radius 2 is 2.00 bits per heavy atom. The van der Waals surface area contributed by atoms with Gasteiger partial charge >= 0.3 is 0 Å². The van der Waals surface area contributed by atoms with Crippen molar-refractivity contribution in [2.75, 3.05) is 27.2 Å². The van der Waals surface area contributed by atoms with E-state index in [0.29, 0.717) is 24.3 Å². The van der Waals surface area contributed by atoms with Crippen LogP contribution in [0.1, 0.15) is 32.5 Å². The molecule has 1 fully saturated rings. The molecule has 0 saturated carbocycles. The molecule has 0 N–H and O–H groups in total. The highest BCUT2D eigenvalue weighted by atomic mass is 16.2. The fourth-order valence-electron chi connectivity index (χ4n) is 2.53. The fourth-order valence-corrected chi connectivity index (χ4v) is 2.53. The van der Waals surface area contributed by atoms with Crippen LogP contribution in [-0.2, 0) is 0 Å². The van der Waals surface area contributed by atoms with E-state index < -0.39 is 0 Å². The predicted molar refractivity (Wildman–Crippen MR) is 84.2 cm³/mol. The first-order valence-electron chi connectivity index (χ1n) is 7.45. The van der Waals surface area contributed by atoms with E-state index in [4.69, 9.17) is 0 Å². The lowest BCUT2D eigenvalue weighted by Gasteiger charge is -2.38. The van der Waals surface area contributed by atoms with Crippen molar-refractivity contribution in [2.45, 2.75) is 13.0 Å². The zero-order valence-corrected chi connectivity index (χ0v) is 13.4. The van der Waals surface area contributed by atoms with Gasteiger partial charge in [-0.15, -0.1) is 5.10 Å². The predicted octanol–water partition coefficient (Wildman–Crippen LogP) is 0.985. The first-order valence-corrected chi connectivity index (χ1v) is 7.45. The molecule has 1 saturated heterocycles. The molecule has 7 nitrogen and oxygen atoms in total. The van der Waals surface area contributed by atoms with Crippen molar-refractivity contribution in [3.05, 3.63) is 47.3 Å². The Morgan fingerprint density at radius 3 is 2.65 bits per heavy atom. The van der Waals surface area contributed by atoms with Gasteiger partial charge in [0.1, 0.15) is 0 Å². The molecule has 0 aliphatic carbocycles. The molecule has 2 amide bonds. The molecule has 0 atom stereocenters. The molecule has 0 unspecified atom stereocenters. The van der Waals surface area contributed by atoms with Crippen molar-refractivity contribution in [3.8, 4) is 0 Å². The molecular formula is C16H19N5O2. The smallest absolute Gasteiger partial charge is 0.275 e. The average molecular weight is 313 g/mol. The van der Waals surface area contributed by atoms with Gasteiger partial charge in [-0.1, -0.05) is 22.9 Å². The van der Waals surface area contributed by atoms with E-state index >= 15 is 0 Å². The maximum atomic E-state index is 12.4. The molecule has 120 valence electrons. The van der Waals surface area contributed by atoms with Gasteiger partial charge in [0, 0.05) is 32.7 Å². The normalized spacial score (nSPS) is 14.5. The lowest BCUT2D eigenvalue weighted by atomic mass is 10.1. The van der Waals surface area contributed by atoms with Crippen LogP contribution in [-0.4, -0.2) is 63.8 Å². The molecule has 3 rings (SSSR count). The van der Waals surface area contributed by atoms with Gasteiger partial charge in [-0.05, 0) is 19.1 Å². The second kappa shape index (κ2) is 5.83. The molecule has 0 radical (unpaired) electrons. The van der Waals surface area contributed by atoms with Crippen LogP contribution in [0.2, 0.25) is 0 Å². The molecular weight excluding hydrogens is 294 g/mol. The third kappa shape index (κ3) is 2.94. The number of likely N-dealkylation sites (tertiary alicyclic amines) is 1. The third-order valence-corrected chi connectivity index (χ3v) is 3.92. The van der Waals surface area contributed by atoms with Crippen molar-refractivity contribution in [2.24, 2.45) is 0 Å². The van der Waals surface area contributed by atoms with Crippen molar-refractivity contribution in [1.29, 1.82) is 0 Å². The van der Waals surface area contributed by atoms with Gasteiger partial charge in [0.25, 0.3) is 11.8 Å². The number of rotatable bonds is 3. The second-order valence-electron chi connectivity index (χ2n) is 6.02. The third-order valence-electron chi connectivity index (χ3n) is 3.92. The zero-order valence-electron chi connectivity index (χ0n) is 13.4. The summed E-state index contributed by atoms with van der Waals surface area (Å²) >= 11 is 0.